The summed E-state index contributed by atoms with van der Waals surface area (Å²) in [5.41, 5.74) is -1.56. The molecule has 8 nitrogen and oxygen atoms in total. The van der Waals surface area contributed by atoms with Gasteiger partial charge in [0, 0.05) is 18.4 Å². The third-order valence-electron chi connectivity index (χ3n) is 10.2. The van der Waals surface area contributed by atoms with Crippen molar-refractivity contribution in [3.63, 3.8) is 0 Å². The molecule has 0 bridgehead atoms. The van der Waals surface area contributed by atoms with E-state index in [2.05, 4.69) is 5.32 Å². The Morgan fingerprint density at radius 1 is 1.22 bits per heavy atom. The average Bonchev–Trinajstić information content (AvgIpc) is 3.16. The van der Waals surface area contributed by atoms with Crippen LogP contribution >= 0.6 is 0 Å². The van der Waals surface area contributed by atoms with Crippen LogP contribution in [-0.2, 0) is 14.9 Å². The van der Waals surface area contributed by atoms with Crippen molar-refractivity contribution in [2.24, 2.45) is 46.3 Å². The summed E-state index contributed by atoms with van der Waals surface area (Å²) in [6.45, 7) is 5.60. The summed E-state index contributed by atoms with van der Waals surface area (Å²) in [6.07, 6.45) is -7.70. The van der Waals surface area contributed by atoms with Gasteiger partial charge in [-0.25, -0.2) is 8.42 Å². The number of amides is 1. The molecule has 0 unspecified atom stereocenters. The number of hydrogen-bond acceptors (Lipinski definition) is 7. The molecule has 4 fully saturated rings. The van der Waals surface area contributed by atoms with Gasteiger partial charge in [0.15, 0.2) is 0 Å². The van der Waals surface area contributed by atoms with Gasteiger partial charge in [-0.2, -0.15) is 0 Å². The predicted molar refractivity (Wildman–Crippen MR) is 130 cm³/mol. The van der Waals surface area contributed by atoms with Gasteiger partial charge >= 0.3 is 29.6 Å². The number of rotatable bonds is 7. The molecular weight excluding hydrogens is 493 g/mol. The van der Waals surface area contributed by atoms with Crippen LogP contribution in [0.4, 0.5) is 0 Å². The van der Waals surface area contributed by atoms with Crippen LogP contribution in [0.2, 0.25) is 0 Å². The maximum atomic E-state index is 12.2. The molecule has 4 N–H and O–H groups in total. The maximum Gasteiger partial charge on any atom is 1.00 e. The van der Waals surface area contributed by atoms with Gasteiger partial charge in [0.1, 0.15) is 0 Å². The van der Waals surface area contributed by atoms with E-state index in [0.29, 0.717) is 6.42 Å². The van der Waals surface area contributed by atoms with Gasteiger partial charge in [0.25, 0.3) is 0 Å². The van der Waals surface area contributed by atoms with E-state index in [1.807, 2.05) is 13.8 Å². The summed E-state index contributed by atoms with van der Waals surface area (Å²) in [6, 6.07) is 0. The summed E-state index contributed by atoms with van der Waals surface area (Å²) in [4.78, 5) is 12.2. The van der Waals surface area contributed by atoms with Crippen LogP contribution in [0.3, 0.4) is 0 Å². The molecule has 10 heteroatoms. The van der Waals surface area contributed by atoms with Crippen LogP contribution in [-0.4, -0.2) is 64.8 Å². The molecular formula is C26H44NNaO7S. The molecule has 0 aromatic carbocycles. The van der Waals surface area contributed by atoms with Gasteiger partial charge in [0.2, 0.25) is 5.91 Å². The number of carbonyl (C=O) groups is 1. The van der Waals surface area contributed by atoms with Gasteiger partial charge in [-0.1, -0.05) is 20.8 Å². The van der Waals surface area contributed by atoms with E-state index < -0.39 is 69.6 Å². The van der Waals surface area contributed by atoms with Crippen molar-refractivity contribution >= 4 is 16.0 Å². The summed E-state index contributed by atoms with van der Waals surface area (Å²) in [5, 5.41) is 36.3. The Kier molecular flexibility index (Phi) is 7.63. The zero-order valence-electron chi connectivity index (χ0n) is 26.9. The van der Waals surface area contributed by atoms with E-state index in [0.717, 1.165) is 12.8 Å². The molecule has 0 aromatic heterocycles. The van der Waals surface area contributed by atoms with Gasteiger partial charge < -0.3 is 25.2 Å². The number of aliphatic hydroxyl groups excluding tert-OH is 2. The third kappa shape index (κ3) is 5.74. The minimum Gasteiger partial charge on any atom is -0.748 e. The second-order valence-corrected chi connectivity index (χ2v) is 13.5. The average molecular weight is 543 g/mol. The number of nitrogens with one attached hydrogen (secondary N) is 1. The fourth-order valence-electron chi connectivity index (χ4n) is 8.29. The molecule has 0 spiro atoms. The second-order valence-electron chi connectivity index (χ2n) is 11.9. The fraction of sp³-hybridized carbons (Fsp3) is 0.962. The van der Waals surface area contributed by atoms with E-state index in [4.69, 9.17) is 6.85 Å². The molecule has 4 aliphatic rings. The topological polar surface area (TPSA) is 147 Å². The van der Waals surface area contributed by atoms with Crippen molar-refractivity contribution in [3.05, 3.63) is 0 Å². The third-order valence-corrected chi connectivity index (χ3v) is 10.9. The van der Waals surface area contributed by atoms with Crippen LogP contribution in [0, 0.1) is 46.3 Å². The molecule has 4 aliphatic carbocycles. The molecule has 0 aromatic rings. The Hall–Kier alpha value is 0.260. The molecule has 36 heavy (non-hydrogen) atoms. The minimum atomic E-state index is -4.41. The SMILES string of the molecule is [2H]C1([2H])C[C@@]2(C)[C@H](C[C@@H](O)[C@@H]3[C@@H]2C[C@H](O)[C@]2(C)[C@@H]([C@H](C)CCC(=O)NCCS(=O)(=O)[O-])CC[C@@H]32)C([2H])([2H])[C@]1([2H])O.[Na+]. The van der Waals surface area contributed by atoms with E-state index in [1.165, 1.54) is 0 Å². The van der Waals surface area contributed by atoms with Crippen molar-refractivity contribution in [2.45, 2.75) is 96.8 Å². The molecule has 0 saturated heterocycles. The summed E-state index contributed by atoms with van der Waals surface area (Å²) in [7, 11) is -4.41. The summed E-state index contributed by atoms with van der Waals surface area (Å²) >= 11 is 0. The quantitative estimate of drug-likeness (QED) is 0.239. The van der Waals surface area contributed by atoms with Crippen LogP contribution < -0.4 is 34.9 Å². The van der Waals surface area contributed by atoms with E-state index in [1.54, 1.807) is 6.92 Å². The normalized spacial score (nSPS) is 51.9. The fourth-order valence-corrected chi connectivity index (χ4v) is 8.64. The molecule has 1 amide bonds. The van der Waals surface area contributed by atoms with Crippen molar-refractivity contribution in [1.82, 2.24) is 5.32 Å². The molecule has 4 saturated carbocycles. The van der Waals surface area contributed by atoms with Crippen LogP contribution in [0.25, 0.3) is 0 Å². The van der Waals surface area contributed by atoms with Crippen molar-refractivity contribution in [2.75, 3.05) is 12.3 Å². The van der Waals surface area contributed by atoms with Crippen LogP contribution in [0.5, 0.6) is 0 Å². The first-order valence-electron chi connectivity index (χ1n) is 15.4. The first kappa shape index (κ1) is 24.1. The molecule has 0 radical (unpaired) electrons. The largest absolute Gasteiger partial charge is 1.00 e. The zero-order valence-corrected chi connectivity index (χ0v) is 24.7. The Bertz CT molecular complexity index is 1110. The van der Waals surface area contributed by atoms with Gasteiger partial charge in [-0.3, -0.25) is 4.79 Å². The summed E-state index contributed by atoms with van der Waals surface area (Å²) in [5.74, 6) is -2.72. The zero-order chi connectivity index (χ0) is 30.3. The van der Waals surface area contributed by atoms with E-state index in [9.17, 15) is 33.1 Å². The van der Waals surface area contributed by atoms with Gasteiger partial charge in [-0.05, 0) is 97.6 Å². The van der Waals surface area contributed by atoms with Crippen LogP contribution in [0.1, 0.15) is 85.3 Å². The minimum absolute atomic E-state index is 0. The first-order chi connectivity index (χ1) is 18.1. The predicted octanol–water partition coefficient (Wildman–Crippen LogP) is -0.970. The Morgan fingerprint density at radius 3 is 2.58 bits per heavy atom. The monoisotopic (exact) mass is 542 g/mol. The number of hydrogen-bond donors (Lipinski definition) is 4. The standard InChI is InChI=1S/C26H45NO7S.Na/c1-15(4-7-23(31)27-10-11-35(32,33)34)18-5-6-19-24-20(14-22(30)26(18,19)3)25(2)9-8-17(28)12-16(25)13-21(24)29;/h15-22,24,28-30H,4-14H2,1-3H3,(H,27,31)(H,32,33,34);/q;+1/p-1/t15-,16+,17-,18-,19+,20+,21-,22+,24+,25+,26-;/m1./s1/i8D2,12D2,17D;. The number of fused-ring (bicyclic) bond motifs is 5. The Balaban J connectivity index is 0.00000462. The molecule has 0 aliphatic heterocycles. The van der Waals surface area contributed by atoms with Gasteiger partial charge in [-0.15, -0.1) is 0 Å². The van der Waals surface area contributed by atoms with Crippen molar-refractivity contribution < 1.29 is 69.5 Å². The van der Waals surface area contributed by atoms with Crippen molar-refractivity contribution in [1.29, 1.82) is 0 Å². The molecule has 4 rings (SSSR count). The molecule has 11 atom stereocenters. The summed E-state index contributed by atoms with van der Waals surface area (Å²) < 4.78 is 74.7. The van der Waals surface area contributed by atoms with Crippen molar-refractivity contribution in [3.8, 4) is 0 Å². The van der Waals surface area contributed by atoms with E-state index >= 15 is 0 Å². The first-order valence-corrected chi connectivity index (χ1v) is 14.5. The number of aliphatic hydroxyl groups is 3. The molecule has 202 valence electrons. The Morgan fingerprint density at radius 2 is 1.92 bits per heavy atom. The maximum absolute atomic E-state index is 12.2. The Labute approximate surface area is 245 Å². The van der Waals surface area contributed by atoms with E-state index in [-0.39, 0.29) is 91.4 Å². The smallest absolute Gasteiger partial charge is 0.748 e. The van der Waals surface area contributed by atoms with Gasteiger partial charge in [0.05, 0.1) is 35.5 Å². The van der Waals surface area contributed by atoms with Crippen LogP contribution in [0.15, 0.2) is 0 Å². The number of carbonyl (C=O) groups excluding carboxylic acids is 1. The second kappa shape index (κ2) is 11.4. The molecule has 0 heterocycles.